The Morgan fingerprint density at radius 3 is 2.20 bits per heavy atom. The van der Waals surface area contributed by atoms with E-state index >= 15 is 0 Å². The lowest BCUT2D eigenvalue weighted by Gasteiger charge is -2.33. The fourth-order valence-electron chi connectivity index (χ4n) is 2.06. The van der Waals surface area contributed by atoms with Crippen LogP contribution >= 0.6 is 0 Å². The summed E-state index contributed by atoms with van der Waals surface area (Å²) in [5.41, 5.74) is -0.479. The van der Waals surface area contributed by atoms with Gasteiger partial charge in [0.2, 0.25) is 4.93 Å². The molecule has 0 heterocycles. The Balaban J connectivity index is 2.89. The average Bonchev–Trinajstić information content (AvgIpc) is 2.27. The Labute approximate surface area is 114 Å². The second-order valence-electron chi connectivity index (χ2n) is 4.24. The minimum Gasteiger partial charge on any atom is -0.508 e. The van der Waals surface area contributed by atoms with E-state index in [2.05, 4.69) is 0 Å². The molecule has 2 atom stereocenters. The molecular weight excluding hydrogens is 312 g/mol. The van der Waals surface area contributed by atoms with E-state index in [-0.39, 0.29) is 5.56 Å². The summed E-state index contributed by atoms with van der Waals surface area (Å²) in [6, 6.07) is 3.20. The van der Waals surface area contributed by atoms with Gasteiger partial charge < -0.3 is 10.2 Å². The lowest BCUT2D eigenvalue weighted by atomic mass is 9.93. The van der Waals surface area contributed by atoms with E-state index in [0.29, 0.717) is 0 Å². The molecule has 1 aliphatic rings. The zero-order chi connectivity index (χ0) is 15.3. The summed E-state index contributed by atoms with van der Waals surface area (Å²) in [6.45, 7) is 0. The quantitative estimate of drug-likeness (QED) is 0.542. The van der Waals surface area contributed by atoms with Crippen LogP contribution in [0.3, 0.4) is 0 Å². The second-order valence-corrected chi connectivity index (χ2v) is 7.35. The number of phenols is 1. The van der Waals surface area contributed by atoms with Crippen LogP contribution in [0.2, 0.25) is 0 Å². The highest BCUT2D eigenvalue weighted by Crippen LogP contribution is 2.41. The number of hydrogen-bond acceptors (Lipinski definition) is 6. The Morgan fingerprint density at radius 2 is 1.70 bits per heavy atom. The van der Waals surface area contributed by atoms with Gasteiger partial charge in [0.1, 0.15) is 5.75 Å². The monoisotopic (exact) mass is 322 g/mol. The Kier molecular flexibility index (Phi) is 3.19. The summed E-state index contributed by atoms with van der Waals surface area (Å²) in [5.74, 6) is -0.449. The average molecular weight is 322 g/mol. The summed E-state index contributed by atoms with van der Waals surface area (Å²) in [7, 11) is -10.4. The third-order valence-electron chi connectivity index (χ3n) is 2.97. The fraction of sp³-hybridized carbons (Fsp3) is 0.200. The van der Waals surface area contributed by atoms with Crippen LogP contribution < -0.4 is 0 Å². The van der Waals surface area contributed by atoms with Crippen LogP contribution in [0.4, 0.5) is 0 Å². The highest BCUT2D eigenvalue weighted by atomic mass is 32.2. The molecule has 10 heteroatoms. The van der Waals surface area contributed by atoms with Gasteiger partial charge in [-0.2, -0.15) is 16.8 Å². The zero-order valence-corrected chi connectivity index (χ0v) is 11.3. The Hall–Kier alpha value is -1.46. The van der Waals surface area contributed by atoms with Gasteiger partial charge in [0.25, 0.3) is 10.1 Å². The summed E-state index contributed by atoms with van der Waals surface area (Å²) >= 11 is 0. The number of fused-ring (bicyclic) bond motifs is 1. The SMILES string of the molecule is O=S(=O)(O)C1C=Cc2ccc(O)cc2C1(O)S(=O)(=O)O. The van der Waals surface area contributed by atoms with Crippen LogP contribution in [-0.2, 0) is 25.2 Å². The second kappa shape index (κ2) is 4.27. The van der Waals surface area contributed by atoms with Crippen LogP contribution in [0, 0.1) is 0 Å². The molecule has 0 fully saturated rings. The highest BCUT2D eigenvalue weighted by Gasteiger charge is 2.56. The van der Waals surface area contributed by atoms with E-state index in [9.17, 15) is 31.6 Å². The summed E-state index contributed by atoms with van der Waals surface area (Å²) in [4.78, 5) is -3.32. The molecule has 20 heavy (non-hydrogen) atoms. The molecule has 1 aromatic rings. The van der Waals surface area contributed by atoms with Gasteiger partial charge in [0.15, 0.2) is 5.25 Å². The molecule has 0 spiro atoms. The summed E-state index contributed by atoms with van der Waals surface area (Å²) in [6.07, 6.45) is 1.88. The van der Waals surface area contributed by atoms with Crippen molar-refractivity contribution in [1.29, 1.82) is 0 Å². The van der Waals surface area contributed by atoms with Crippen LogP contribution in [0.25, 0.3) is 6.08 Å². The Bertz CT molecular complexity index is 793. The van der Waals surface area contributed by atoms with Crippen molar-refractivity contribution in [1.82, 2.24) is 0 Å². The molecule has 4 N–H and O–H groups in total. The minimum atomic E-state index is -5.33. The standard InChI is InChI=1S/C10H10O8S2/c11-7-3-1-6-2-4-9(19(13,14)15)10(12,8(6)5-7)20(16,17)18/h1-5,9,11-12H,(H,13,14,15)(H,16,17,18). The number of benzene rings is 1. The molecule has 8 nitrogen and oxygen atoms in total. The van der Waals surface area contributed by atoms with E-state index in [1.54, 1.807) is 0 Å². The van der Waals surface area contributed by atoms with Crippen LogP contribution in [0.1, 0.15) is 11.1 Å². The third kappa shape index (κ3) is 2.11. The first-order chi connectivity index (χ1) is 8.98. The normalized spacial score (nSPS) is 26.2. The largest absolute Gasteiger partial charge is 0.508 e. The van der Waals surface area contributed by atoms with Crippen molar-refractivity contribution in [3.8, 4) is 5.75 Å². The predicted molar refractivity (Wildman–Crippen MR) is 67.9 cm³/mol. The van der Waals surface area contributed by atoms with Gasteiger partial charge >= 0.3 is 10.1 Å². The van der Waals surface area contributed by atoms with Gasteiger partial charge in [0, 0.05) is 5.56 Å². The first-order valence-corrected chi connectivity index (χ1v) is 8.09. The molecule has 0 saturated carbocycles. The van der Waals surface area contributed by atoms with Gasteiger partial charge in [-0.1, -0.05) is 18.2 Å². The molecule has 0 amide bonds. The molecule has 2 rings (SSSR count). The van der Waals surface area contributed by atoms with Crippen molar-refractivity contribution < 1.29 is 36.2 Å². The van der Waals surface area contributed by atoms with Crippen LogP contribution in [-0.4, -0.2) is 41.4 Å². The van der Waals surface area contributed by atoms with Crippen LogP contribution in [0.15, 0.2) is 24.3 Å². The molecule has 0 aliphatic heterocycles. The first-order valence-electron chi connectivity index (χ1n) is 5.15. The van der Waals surface area contributed by atoms with E-state index in [4.69, 9.17) is 4.55 Å². The lowest BCUT2D eigenvalue weighted by Crippen LogP contribution is -2.50. The minimum absolute atomic E-state index is 0.0721. The lowest BCUT2D eigenvalue weighted by molar-refractivity contribution is 0.114. The van der Waals surface area contributed by atoms with Crippen molar-refractivity contribution in [3.05, 3.63) is 35.4 Å². The fourth-order valence-corrected chi connectivity index (χ4v) is 4.43. The van der Waals surface area contributed by atoms with Crippen molar-refractivity contribution >= 4 is 26.3 Å². The van der Waals surface area contributed by atoms with E-state index < -0.39 is 41.7 Å². The highest BCUT2D eigenvalue weighted by molar-refractivity contribution is 7.90. The van der Waals surface area contributed by atoms with E-state index in [0.717, 1.165) is 18.2 Å². The molecular formula is C10H10O8S2. The van der Waals surface area contributed by atoms with E-state index in [1.807, 2.05) is 0 Å². The van der Waals surface area contributed by atoms with Gasteiger partial charge in [-0.15, -0.1) is 0 Å². The van der Waals surface area contributed by atoms with Crippen molar-refractivity contribution in [2.45, 2.75) is 10.2 Å². The number of rotatable bonds is 2. The summed E-state index contributed by atoms with van der Waals surface area (Å²) < 4.78 is 63.7. The number of aromatic hydroxyl groups is 1. The molecule has 110 valence electrons. The molecule has 0 saturated heterocycles. The van der Waals surface area contributed by atoms with Gasteiger partial charge in [-0.3, -0.25) is 9.11 Å². The van der Waals surface area contributed by atoms with Crippen molar-refractivity contribution in [2.75, 3.05) is 0 Å². The topological polar surface area (TPSA) is 149 Å². The molecule has 0 radical (unpaired) electrons. The summed E-state index contributed by atoms with van der Waals surface area (Å²) in [5, 5.41) is 17.3. The van der Waals surface area contributed by atoms with Gasteiger partial charge in [-0.25, -0.2) is 0 Å². The molecule has 2 unspecified atom stereocenters. The number of aliphatic hydroxyl groups is 1. The molecule has 0 aromatic heterocycles. The zero-order valence-electron chi connectivity index (χ0n) is 9.70. The molecule has 0 bridgehead atoms. The smallest absolute Gasteiger partial charge is 0.301 e. The third-order valence-corrected chi connectivity index (χ3v) is 5.52. The first kappa shape index (κ1) is 14.9. The number of phenolic OH excluding ortho intramolecular Hbond substituents is 1. The maximum Gasteiger partial charge on any atom is 0.301 e. The molecule has 1 aromatic carbocycles. The van der Waals surface area contributed by atoms with E-state index in [1.165, 1.54) is 12.1 Å². The number of hydrogen-bond donors (Lipinski definition) is 4. The van der Waals surface area contributed by atoms with Gasteiger partial charge in [-0.05, 0) is 17.7 Å². The van der Waals surface area contributed by atoms with Crippen molar-refractivity contribution in [2.24, 2.45) is 0 Å². The Morgan fingerprint density at radius 1 is 1.10 bits per heavy atom. The maximum atomic E-state index is 11.5. The van der Waals surface area contributed by atoms with Crippen LogP contribution in [0.5, 0.6) is 5.75 Å². The molecule has 1 aliphatic carbocycles. The van der Waals surface area contributed by atoms with Gasteiger partial charge in [0.05, 0.1) is 0 Å². The maximum absolute atomic E-state index is 11.5. The van der Waals surface area contributed by atoms with Crippen molar-refractivity contribution in [3.63, 3.8) is 0 Å². The predicted octanol–water partition coefficient (Wildman–Crippen LogP) is -0.292.